The van der Waals surface area contributed by atoms with Crippen LogP contribution in [-0.4, -0.2) is 24.6 Å². The SMILES string of the molecule is CCOC(=O)Oc1ccc(C(=O)Nc2ccccc2NC(=O)C=C2CCCC2)cc1. The molecule has 1 aliphatic carbocycles. The minimum absolute atomic E-state index is 0.200. The summed E-state index contributed by atoms with van der Waals surface area (Å²) in [5, 5.41) is 5.64. The Labute approximate surface area is 175 Å². The fourth-order valence-electron chi connectivity index (χ4n) is 3.14. The molecule has 0 saturated heterocycles. The van der Waals surface area contributed by atoms with Crippen molar-refractivity contribution in [3.05, 3.63) is 65.7 Å². The van der Waals surface area contributed by atoms with Crippen molar-refractivity contribution in [1.82, 2.24) is 0 Å². The largest absolute Gasteiger partial charge is 0.513 e. The van der Waals surface area contributed by atoms with E-state index < -0.39 is 6.16 Å². The van der Waals surface area contributed by atoms with E-state index in [1.54, 1.807) is 37.3 Å². The van der Waals surface area contributed by atoms with Crippen molar-refractivity contribution in [1.29, 1.82) is 0 Å². The number of para-hydroxylation sites is 2. The highest BCUT2D eigenvalue weighted by molar-refractivity contribution is 6.08. The van der Waals surface area contributed by atoms with E-state index in [0.717, 1.165) is 31.3 Å². The van der Waals surface area contributed by atoms with Crippen molar-refractivity contribution in [2.45, 2.75) is 32.6 Å². The van der Waals surface area contributed by atoms with E-state index in [9.17, 15) is 14.4 Å². The lowest BCUT2D eigenvalue weighted by atomic mass is 10.2. The molecule has 1 aliphatic rings. The maximum atomic E-state index is 12.6. The van der Waals surface area contributed by atoms with Gasteiger partial charge < -0.3 is 20.1 Å². The summed E-state index contributed by atoms with van der Waals surface area (Å²) in [5.41, 5.74) is 2.54. The zero-order chi connectivity index (χ0) is 21.3. The van der Waals surface area contributed by atoms with Gasteiger partial charge in [-0.1, -0.05) is 17.7 Å². The second-order valence-electron chi connectivity index (χ2n) is 6.81. The topological polar surface area (TPSA) is 93.7 Å². The van der Waals surface area contributed by atoms with Crippen molar-refractivity contribution in [3.63, 3.8) is 0 Å². The molecule has 0 radical (unpaired) electrons. The van der Waals surface area contributed by atoms with Gasteiger partial charge in [-0.25, -0.2) is 4.79 Å². The number of nitrogens with one attached hydrogen (secondary N) is 2. The van der Waals surface area contributed by atoms with Gasteiger partial charge in [0.05, 0.1) is 18.0 Å². The molecule has 0 atom stereocenters. The molecule has 2 aromatic rings. The second-order valence-corrected chi connectivity index (χ2v) is 6.81. The van der Waals surface area contributed by atoms with Crippen LogP contribution in [0.5, 0.6) is 5.75 Å². The molecule has 0 aromatic heterocycles. The number of carbonyl (C=O) groups excluding carboxylic acids is 3. The Morgan fingerprint density at radius 1 is 0.933 bits per heavy atom. The molecule has 0 spiro atoms. The summed E-state index contributed by atoms with van der Waals surface area (Å²) in [4.78, 5) is 36.2. The molecule has 7 heteroatoms. The minimum Gasteiger partial charge on any atom is -0.434 e. The van der Waals surface area contributed by atoms with Gasteiger partial charge in [0, 0.05) is 11.6 Å². The molecule has 3 rings (SSSR count). The van der Waals surface area contributed by atoms with Crippen LogP contribution in [0.4, 0.5) is 16.2 Å². The number of benzene rings is 2. The van der Waals surface area contributed by atoms with Crippen LogP contribution in [0, 0.1) is 0 Å². The number of allylic oxidation sites excluding steroid dienone is 1. The first-order valence-electron chi connectivity index (χ1n) is 9.90. The third kappa shape index (κ3) is 5.94. The first kappa shape index (κ1) is 21.1. The van der Waals surface area contributed by atoms with Crippen molar-refractivity contribution in [2.24, 2.45) is 0 Å². The van der Waals surface area contributed by atoms with E-state index in [1.807, 2.05) is 0 Å². The predicted octanol–water partition coefficient (Wildman–Crippen LogP) is 4.91. The third-order valence-electron chi connectivity index (χ3n) is 4.59. The Hall–Kier alpha value is -3.61. The highest BCUT2D eigenvalue weighted by atomic mass is 16.7. The lowest BCUT2D eigenvalue weighted by Gasteiger charge is -2.12. The lowest BCUT2D eigenvalue weighted by molar-refractivity contribution is -0.112. The van der Waals surface area contributed by atoms with Crippen LogP contribution in [0.15, 0.2) is 60.2 Å². The van der Waals surface area contributed by atoms with Crippen LogP contribution in [0.3, 0.4) is 0 Å². The van der Waals surface area contributed by atoms with Gasteiger partial charge in [0.1, 0.15) is 5.75 Å². The summed E-state index contributed by atoms with van der Waals surface area (Å²) in [7, 11) is 0. The normalized spacial score (nSPS) is 12.8. The lowest BCUT2D eigenvalue weighted by Crippen LogP contribution is -2.16. The summed E-state index contributed by atoms with van der Waals surface area (Å²) in [5.74, 6) is -0.278. The van der Waals surface area contributed by atoms with Crippen molar-refractivity contribution in [2.75, 3.05) is 17.2 Å². The zero-order valence-electron chi connectivity index (χ0n) is 16.8. The molecule has 0 aliphatic heterocycles. The van der Waals surface area contributed by atoms with E-state index in [4.69, 9.17) is 9.47 Å². The summed E-state index contributed by atoms with van der Waals surface area (Å²) in [6.07, 6.45) is 5.01. The smallest absolute Gasteiger partial charge is 0.434 e. The molecule has 1 fully saturated rings. The van der Waals surface area contributed by atoms with Crippen LogP contribution < -0.4 is 15.4 Å². The summed E-state index contributed by atoms with van der Waals surface area (Å²) >= 11 is 0. The second kappa shape index (κ2) is 10.2. The fraction of sp³-hybridized carbons (Fsp3) is 0.261. The molecule has 2 aromatic carbocycles. The average Bonchev–Trinajstić information content (AvgIpc) is 3.23. The van der Waals surface area contributed by atoms with Gasteiger partial charge in [-0.05, 0) is 69.0 Å². The average molecular weight is 408 g/mol. The molecular formula is C23H24N2O5. The number of hydrogen-bond donors (Lipinski definition) is 2. The Kier molecular flexibility index (Phi) is 7.21. The molecule has 1 saturated carbocycles. The van der Waals surface area contributed by atoms with E-state index in [0.29, 0.717) is 16.9 Å². The molecule has 156 valence electrons. The van der Waals surface area contributed by atoms with Gasteiger partial charge in [-0.2, -0.15) is 0 Å². The fourth-order valence-corrected chi connectivity index (χ4v) is 3.14. The molecule has 0 heterocycles. The predicted molar refractivity (Wildman–Crippen MR) is 114 cm³/mol. The van der Waals surface area contributed by atoms with Gasteiger partial charge in [-0.3, -0.25) is 9.59 Å². The zero-order valence-corrected chi connectivity index (χ0v) is 16.8. The first-order chi connectivity index (χ1) is 14.5. The van der Waals surface area contributed by atoms with E-state index in [2.05, 4.69) is 10.6 Å². The van der Waals surface area contributed by atoms with Crippen LogP contribution in [0.1, 0.15) is 43.0 Å². The van der Waals surface area contributed by atoms with Gasteiger partial charge in [0.15, 0.2) is 0 Å². The standard InChI is InChI=1S/C23H24N2O5/c1-2-29-23(28)30-18-13-11-17(12-14-18)22(27)25-20-10-6-5-9-19(20)24-21(26)15-16-7-3-4-8-16/h5-6,9-15H,2-4,7-8H2,1H3,(H,24,26)(H,25,27). The van der Waals surface area contributed by atoms with Crippen LogP contribution >= 0.6 is 0 Å². The first-order valence-corrected chi connectivity index (χ1v) is 9.90. The van der Waals surface area contributed by atoms with Crippen LogP contribution in [0.25, 0.3) is 0 Å². The molecule has 0 unspecified atom stereocenters. The molecular weight excluding hydrogens is 384 g/mol. The summed E-state index contributed by atoms with van der Waals surface area (Å²) in [6, 6.07) is 13.1. The van der Waals surface area contributed by atoms with Crippen LogP contribution in [-0.2, 0) is 9.53 Å². The molecule has 7 nitrogen and oxygen atoms in total. The van der Waals surface area contributed by atoms with E-state index in [1.165, 1.54) is 24.3 Å². The molecule has 30 heavy (non-hydrogen) atoms. The molecule has 2 amide bonds. The van der Waals surface area contributed by atoms with Crippen LogP contribution in [0.2, 0.25) is 0 Å². The number of anilines is 2. The summed E-state index contributed by atoms with van der Waals surface area (Å²) < 4.78 is 9.69. The Bertz CT molecular complexity index is 942. The van der Waals surface area contributed by atoms with E-state index in [-0.39, 0.29) is 24.2 Å². The van der Waals surface area contributed by atoms with Crippen molar-refractivity contribution < 1.29 is 23.9 Å². The highest BCUT2D eigenvalue weighted by Gasteiger charge is 2.13. The highest BCUT2D eigenvalue weighted by Crippen LogP contribution is 2.25. The van der Waals surface area contributed by atoms with Gasteiger partial charge in [0.2, 0.25) is 5.91 Å². The van der Waals surface area contributed by atoms with Gasteiger partial charge >= 0.3 is 6.16 Å². The van der Waals surface area contributed by atoms with Crippen molar-refractivity contribution >= 4 is 29.3 Å². The van der Waals surface area contributed by atoms with Crippen molar-refractivity contribution in [3.8, 4) is 5.75 Å². The Morgan fingerprint density at radius 3 is 2.20 bits per heavy atom. The minimum atomic E-state index is -0.799. The number of amides is 2. The third-order valence-corrected chi connectivity index (χ3v) is 4.59. The number of hydrogen-bond acceptors (Lipinski definition) is 5. The number of rotatable bonds is 6. The number of ether oxygens (including phenoxy) is 2. The van der Waals surface area contributed by atoms with E-state index >= 15 is 0 Å². The maximum absolute atomic E-state index is 12.6. The molecule has 2 N–H and O–H groups in total. The monoisotopic (exact) mass is 408 g/mol. The number of carbonyl (C=O) groups is 3. The van der Waals surface area contributed by atoms with Gasteiger partial charge in [-0.15, -0.1) is 0 Å². The Balaban J connectivity index is 1.64. The molecule has 0 bridgehead atoms. The Morgan fingerprint density at radius 2 is 1.57 bits per heavy atom. The summed E-state index contributed by atoms with van der Waals surface area (Å²) in [6.45, 7) is 1.90. The quantitative estimate of drug-likeness (QED) is 0.402. The van der Waals surface area contributed by atoms with Gasteiger partial charge in [0.25, 0.3) is 5.91 Å². The maximum Gasteiger partial charge on any atom is 0.513 e.